The molecule has 1 aromatic carbocycles. The van der Waals surface area contributed by atoms with Crippen LogP contribution in [0.3, 0.4) is 0 Å². The van der Waals surface area contributed by atoms with Gasteiger partial charge >= 0.3 is 112 Å². The van der Waals surface area contributed by atoms with Crippen molar-refractivity contribution in [2.45, 2.75) is 25.7 Å². The third-order valence-corrected chi connectivity index (χ3v) is 7.06. The Labute approximate surface area is 199 Å². The SMILES string of the molecule is [CH2-]C1CC(=O)N(c2ccc(CCC(=O)NCCCOCCI(C)C)cc2)C1=O.[Sc]. The van der Waals surface area contributed by atoms with Crippen molar-refractivity contribution in [1.82, 2.24) is 5.32 Å². The summed E-state index contributed by atoms with van der Waals surface area (Å²) in [5, 5.41) is 2.91. The van der Waals surface area contributed by atoms with Crippen molar-refractivity contribution in [2.24, 2.45) is 5.92 Å². The molecule has 8 heteroatoms. The molecule has 3 amide bonds. The van der Waals surface area contributed by atoms with Crippen LogP contribution >= 0.6 is 19.8 Å². The monoisotopic (exact) mass is 546 g/mol. The Hall–Kier alpha value is -0.610. The predicted octanol–water partition coefficient (Wildman–Crippen LogP) is 2.62. The molecule has 159 valence electrons. The average molecular weight is 546 g/mol. The summed E-state index contributed by atoms with van der Waals surface area (Å²) < 4.78 is 6.78. The third-order valence-electron chi connectivity index (χ3n) is 4.46. The van der Waals surface area contributed by atoms with Crippen molar-refractivity contribution in [3.05, 3.63) is 36.8 Å². The van der Waals surface area contributed by atoms with Gasteiger partial charge in [-0.05, 0) is 12.1 Å². The zero-order chi connectivity index (χ0) is 20.5. The van der Waals surface area contributed by atoms with Gasteiger partial charge in [0, 0.05) is 32.3 Å². The first-order chi connectivity index (χ1) is 13.4. The van der Waals surface area contributed by atoms with Gasteiger partial charge in [-0.2, -0.15) is 0 Å². The van der Waals surface area contributed by atoms with Crippen LogP contribution in [-0.2, 0) is 51.4 Å². The fraction of sp³-hybridized carbons (Fsp3) is 0.524. The van der Waals surface area contributed by atoms with Gasteiger partial charge in [0.05, 0.1) is 5.69 Å². The Morgan fingerprint density at radius 2 is 1.93 bits per heavy atom. The van der Waals surface area contributed by atoms with Crippen LogP contribution in [0, 0.1) is 12.8 Å². The van der Waals surface area contributed by atoms with E-state index in [1.165, 1.54) is 9.33 Å². The number of ether oxygens (including phenoxy) is 1. The number of amides is 3. The molecule has 0 aromatic heterocycles. The minimum Gasteiger partial charge on any atom is -0.277 e. The van der Waals surface area contributed by atoms with Crippen molar-refractivity contribution in [3.8, 4) is 0 Å². The first-order valence-corrected chi connectivity index (χ1v) is 15.3. The van der Waals surface area contributed by atoms with Gasteiger partial charge < -0.3 is 6.92 Å². The van der Waals surface area contributed by atoms with Crippen LogP contribution in [0.2, 0.25) is 0 Å². The Morgan fingerprint density at radius 1 is 1.24 bits per heavy atom. The third kappa shape index (κ3) is 8.96. The maximum atomic E-state index is 12.0. The second-order valence-electron chi connectivity index (χ2n) is 7.05. The van der Waals surface area contributed by atoms with Gasteiger partial charge in [-0.1, -0.05) is 5.92 Å². The van der Waals surface area contributed by atoms with E-state index in [0.717, 1.165) is 18.6 Å². The van der Waals surface area contributed by atoms with E-state index in [4.69, 9.17) is 4.74 Å². The van der Waals surface area contributed by atoms with Gasteiger partial charge in [-0.3, -0.25) is 14.5 Å². The molecule has 1 saturated heterocycles. The summed E-state index contributed by atoms with van der Waals surface area (Å²) in [6.45, 7) is 5.86. The normalized spacial score (nSPS) is 16.6. The molecule has 0 saturated carbocycles. The smallest absolute Gasteiger partial charge is 0.277 e. The quantitative estimate of drug-likeness (QED) is 0.152. The minimum atomic E-state index is -0.689. The van der Waals surface area contributed by atoms with Gasteiger partial charge in [-0.25, -0.2) is 0 Å². The summed E-state index contributed by atoms with van der Waals surface area (Å²) in [5.41, 5.74) is 1.56. The number of benzene rings is 1. The van der Waals surface area contributed by atoms with Gasteiger partial charge in [0.2, 0.25) is 11.8 Å². The summed E-state index contributed by atoms with van der Waals surface area (Å²) in [5.74, 6) is -0.955. The Kier molecular flexibility index (Phi) is 12.4. The van der Waals surface area contributed by atoms with E-state index in [9.17, 15) is 14.4 Å². The van der Waals surface area contributed by atoms with Crippen molar-refractivity contribution >= 4 is 43.2 Å². The van der Waals surface area contributed by atoms with Crippen LogP contribution in [0.15, 0.2) is 24.3 Å². The second kappa shape index (κ2) is 13.6. The molecule has 1 atom stereocenters. The number of nitrogens with zero attached hydrogens (tertiary/aromatic N) is 1. The number of nitrogens with one attached hydrogen (secondary N) is 1. The number of rotatable bonds is 11. The summed E-state index contributed by atoms with van der Waals surface area (Å²) in [7, 11) is 0. The van der Waals surface area contributed by atoms with E-state index in [0.29, 0.717) is 31.7 Å². The summed E-state index contributed by atoms with van der Waals surface area (Å²) >= 11 is -0.689. The second-order valence-corrected chi connectivity index (χ2v) is 13.3. The zero-order valence-corrected chi connectivity index (χ0v) is 21.2. The Balaban J connectivity index is 0.00000420. The summed E-state index contributed by atoms with van der Waals surface area (Å²) in [6, 6.07) is 7.20. The number of anilines is 1. The van der Waals surface area contributed by atoms with Crippen LogP contribution in [0.5, 0.6) is 0 Å². The molecular formula is C21H30IN2O4Sc-. The van der Waals surface area contributed by atoms with Crippen LogP contribution in [-0.4, -0.2) is 51.8 Å². The molecule has 0 spiro atoms. The first-order valence-electron chi connectivity index (χ1n) is 9.47. The maximum absolute atomic E-state index is 12.0. The molecule has 0 bridgehead atoms. The molecule has 1 aliphatic rings. The van der Waals surface area contributed by atoms with Crippen molar-refractivity contribution in [3.63, 3.8) is 0 Å². The van der Waals surface area contributed by atoms with Gasteiger partial charge in [0.15, 0.2) is 0 Å². The van der Waals surface area contributed by atoms with Crippen LogP contribution in [0.4, 0.5) is 5.69 Å². The van der Waals surface area contributed by atoms with Crippen LogP contribution < -0.4 is 10.2 Å². The topological polar surface area (TPSA) is 75.7 Å². The first kappa shape index (κ1) is 26.4. The predicted molar refractivity (Wildman–Crippen MR) is 120 cm³/mol. The van der Waals surface area contributed by atoms with E-state index >= 15 is 0 Å². The number of halogens is 1. The van der Waals surface area contributed by atoms with E-state index in [1.54, 1.807) is 12.1 Å². The molecule has 1 unspecified atom stereocenters. The molecule has 6 nitrogen and oxygen atoms in total. The van der Waals surface area contributed by atoms with Crippen molar-refractivity contribution in [1.29, 1.82) is 0 Å². The Bertz CT molecular complexity index is 682. The molecule has 29 heavy (non-hydrogen) atoms. The fourth-order valence-electron chi connectivity index (χ4n) is 2.84. The minimum absolute atomic E-state index is 0. The number of carbonyl (C=O) groups excluding carboxylic acids is 3. The molecule has 1 radical (unpaired) electrons. The molecule has 1 aliphatic heterocycles. The van der Waals surface area contributed by atoms with E-state index in [-0.39, 0.29) is 50.0 Å². The molecule has 1 N–H and O–H groups in total. The number of imide groups is 1. The number of hydrogen-bond donors (Lipinski definition) is 1. The summed E-state index contributed by atoms with van der Waals surface area (Å²) in [6.07, 6.45) is 2.00. The number of hydrogen-bond acceptors (Lipinski definition) is 4. The number of alkyl halides is 3. The molecule has 1 heterocycles. The summed E-state index contributed by atoms with van der Waals surface area (Å²) in [4.78, 5) is 41.7. The molecule has 0 aliphatic carbocycles. The molecule has 2 rings (SSSR count). The molecule has 1 fully saturated rings. The Morgan fingerprint density at radius 3 is 2.52 bits per heavy atom. The van der Waals surface area contributed by atoms with E-state index < -0.39 is 25.7 Å². The number of aryl methyl sites for hydroxylation is 1. The van der Waals surface area contributed by atoms with E-state index in [2.05, 4.69) is 22.1 Å². The molecular weight excluding hydrogens is 516 g/mol. The van der Waals surface area contributed by atoms with Gasteiger partial charge in [0.1, 0.15) is 0 Å². The number of carbonyl (C=O) groups is 3. The fourth-order valence-corrected chi connectivity index (χ4v) is 4.03. The van der Waals surface area contributed by atoms with Crippen molar-refractivity contribution in [2.75, 3.05) is 38.9 Å². The van der Waals surface area contributed by atoms with E-state index in [1.807, 2.05) is 12.1 Å². The van der Waals surface area contributed by atoms with Gasteiger partial charge in [0.25, 0.3) is 0 Å². The van der Waals surface area contributed by atoms with Crippen LogP contribution in [0.1, 0.15) is 24.8 Å². The average Bonchev–Trinajstić information content (AvgIpc) is 2.91. The van der Waals surface area contributed by atoms with Gasteiger partial charge in [-0.15, -0.1) is 0 Å². The zero-order valence-electron chi connectivity index (χ0n) is 17.3. The standard InChI is InChI=1S/C21H30IN2O4.Sc/c1-16-15-20(26)24(21(16)27)18-8-5-17(6-9-18)7-10-19(25)23-12-4-13-28-14-11-22(2)3;/h5-6,8-9,16H,1,4,7,10-15H2,2-3H3,(H,23,25);/q-1;. The molecule has 1 aromatic rings. The van der Waals surface area contributed by atoms with Crippen LogP contribution in [0.25, 0.3) is 0 Å². The van der Waals surface area contributed by atoms with Crippen molar-refractivity contribution < 1.29 is 45.0 Å².